The van der Waals surface area contributed by atoms with Gasteiger partial charge in [0.05, 0.1) is 19.1 Å². The first kappa shape index (κ1) is 24.6. The summed E-state index contributed by atoms with van der Waals surface area (Å²) in [6.07, 6.45) is 3.02. The molecule has 34 heavy (non-hydrogen) atoms. The van der Waals surface area contributed by atoms with E-state index in [1.807, 2.05) is 30.3 Å². The molecule has 12 heteroatoms. The molecule has 0 atom stereocenters. The minimum absolute atomic E-state index is 0.0154. The van der Waals surface area contributed by atoms with E-state index in [1.54, 1.807) is 6.08 Å². The van der Waals surface area contributed by atoms with E-state index in [9.17, 15) is 13.2 Å². The van der Waals surface area contributed by atoms with Crippen LogP contribution in [0.2, 0.25) is 0 Å². The summed E-state index contributed by atoms with van der Waals surface area (Å²) in [5.74, 6) is -0.280. The summed E-state index contributed by atoms with van der Waals surface area (Å²) in [6, 6.07) is 16.4. The van der Waals surface area contributed by atoms with Crippen LogP contribution in [-0.2, 0) is 14.8 Å². The number of rotatable bonds is 8. The fraction of sp³-hybridized carbons (Fsp3) is 0.0909. The molecule has 0 radical (unpaired) electrons. The van der Waals surface area contributed by atoms with Crippen molar-refractivity contribution >= 4 is 50.8 Å². The van der Waals surface area contributed by atoms with E-state index < -0.39 is 15.9 Å². The van der Waals surface area contributed by atoms with Crippen LogP contribution in [0.4, 0.5) is 11.5 Å². The number of sulfonamides is 1. The van der Waals surface area contributed by atoms with Crippen LogP contribution in [0.5, 0.6) is 11.9 Å². The minimum Gasteiger partial charge on any atom is -0.481 e. The van der Waals surface area contributed by atoms with Crippen molar-refractivity contribution in [1.29, 1.82) is 0 Å². The van der Waals surface area contributed by atoms with Gasteiger partial charge in [0.15, 0.2) is 10.9 Å². The highest BCUT2D eigenvalue weighted by Gasteiger charge is 2.17. The third-order valence-electron chi connectivity index (χ3n) is 4.20. The Morgan fingerprint density at radius 2 is 1.71 bits per heavy atom. The number of nitrogens with zero attached hydrogens (tertiary/aromatic N) is 2. The van der Waals surface area contributed by atoms with E-state index in [0.717, 1.165) is 5.56 Å². The lowest BCUT2D eigenvalue weighted by Crippen LogP contribution is -2.32. The molecule has 0 bridgehead atoms. The topological polar surface area (TPSA) is 132 Å². The van der Waals surface area contributed by atoms with Gasteiger partial charge in [0.2, 0.25) is 11.8 Å². The smallest absolute Gasteiger partial charge is 0.321 e. The number of carbonyl (C=O) groups is 1. The number of anilines is 2. The zero-order valence-electron chi connectivity index (χ0n) is 18.2. The zero-order valence-corrected chi connectivity index (χ0v) is 19.8. The van der Waals surface area contributed by atoms with Crippen LogP contribution in [-0.4, -0.2) is 43.6 Å². The van der Waals surface area contributed by atoms with Gasteiger partial charge >= 0.3 is 6.01 Å². The molecule has 0 spiro atoms. The van der Waals surface area contributed by atoms with Crippen molar-refractivity contribution in [3.05, 3.63) is 72.3 Å². The molecule has 0 aliphatic rings. The van der Waals surface area contributed by atoms with E-state index in [2.05, 4.69) is 25.3 Å². The number of hydrogen-bond donors (Lipinski definition) is 3. The Balaban J connectivity index is 1.61. The number of nitrogens with one attached hydrogen (secondary N) is 3. The lowest BCUT2D eigenvalue weighted by Gasteiger charge is -2.11. The average Bonchev–Trinajstić information content (AvgIpc) is 2.83. The van der Waals surface area contributed by atoms with Gasteiger partial charge in [0, 0.05) is 17.8 Å². The van der Waals surface area contributed by atoms with Gasteiger partial charge in [-0.2, -0.15) is 9.97 Å². The lowest BCUT2D eigenvalue weighted by atomic mass is 10.2. The van der Waals surface area contributed by atoms with Crippen LogP contribution in [0.1, 0.15) is 5.56 Å². The first-order valence-corrected chi connectivity index (χ1v) is 11.6. The predicted octanol–water partition coefficient (Wildman–Crippen LogP) is 2.82. The van der Waals surface area contributed by atoms with Crippen molar-refractivity contribution in [2.75, 3.05) is 24.3 Å². The number of hydrogen-bond acceptors (Lipinski definition) is 8. The van der Waals surface area contributed by atoms with Crippen LogP contribution in [0.25, 0.3) is 6.08 Å². The third-order valence-corrected chi connectivity index (χ3v) is 5.77. The van der Waals surface area contributed by atoms with Gasteiger partial charge < -0.3 is 14.8 Å². The minimum atomic E-state index is -3.95. The Morgan fingerprint density at radius 3 is 2.35 bits per heavy atom. The number of carbonyl (C=O) groups excluding carboxylic acids is 1. The molecule has 0 saturated carbocycles. The second-order valence-corrected chi connectivity index (χ2v) is 8.69. The SMILES string of the molecule is COc1cc(NS(=O)(=O)c2ccc(NC(=S)NC(=O)C=Cc3ccccc3)cc2)nc(OC)n1. The van der Waals surface area contributed by atoms with Crippen molar-refractivity contribution < 1.29 is 22.7 Å². The number of benzene rings is 2. The van der Waals surface area contributed by atoms with E-state index in [-0.39, 0.29) is 27.7 Å². The third kappa shape index (κ3) is 6.98. The monoisotopic (exact) mass is 499 g/mol. The highest BCUT2D eigenvalue weighted by Crippen LogP contribution is 2.21. The summed E-state index contributed by atoms with van der Waals surface area (Å²) < 4.78 is 37.7. The normalized spacial score (nSPS) is 11.0. The van der Waals surface area contributed by atoms with Crippen LogP contribution >= 0.6 is 12.2 Å². The quantitative estimate of drug-likeness (QED) is 0.316. The molecule has 3 rings (SSSR count). The number of thiocarbonyl (C=S) groups is 1. The predicted molar refractivity (Wildman–Crippen MR) is 132 cm³/mol. The number of methoxy groups -OCH3 is 2. The summed E-state index contributed by atoms with van der Waals surface area (Å²) in [5.41, 5.74) is 1.36. The van der Waals surface area contributed by atoms with Crippen molar-refractivity contribution in [3.63, 3.8) is 0 Å². The molecular formula is C22H21N5O5S2. The van der Waals surface area contributed by atoms with Gasteiger partial charge in [-0.3, -0.25) is 14.8 Å². The first-order chi connectivity index (χ1) is 16.3. The standard InChI is InChI=1S/C22H21N5O5S2/c1-31-20-14-18(24-21(26-20)32-2)27-34(29,30)17-11-9-16(10-12-17)23-22(33)25-19(28)13-8-15-6-4-3-5-7-15/h3-14H,1-2H3,(H,24,26,27)(H2,23,25,28,33). The van der Waals surface area contributed by atoms with Crippen molar-refractivity contribution in [3.8, 4) is 11.9 Å². The van der Waals surface area contributed by atoms with E-state index >= 15 is 0 Å². The molecule has 2 aromatic carbocycles. The summed E-state index contributed by atoms with van der Waals surface area (Å²) in [4.78, 5) is 19.9. The average molecular weight is 500 g/mol. The summed E-state index contributed by atoms with van der Waals surface area (Å²) in [7, 11) is -1.21. The van der Waals surface area contributed by atoms with Gasteiger partial charge in [0.1, 0.15) is 0 Å². The molecule has 176 valence electrons. The molecule has 0 aliphatic carbocycles. The maximum Gasteiger partial charge on any atom is 0.321 e. The number of amides is 1. The summed E-state index contributed by atoms with van der Waals surface area (Å²) >= 11 is 5.14. The first-order valence-electron chi connectivity index (χ1n) is 9.74. The van der Waals surface area contributed by atoms with Crippen molar-refractivity contribution in [1.82, 2.24) is 15.3 Å². The van der Waals surface area contributed by atoms with Crippen LogP contribution in [0, 0.1) is 0 Å². The molecule has 0 unspecified atom stereocenters. The Hall–Kier alpha value is -4.03. The lowest BCUT2D eigenvalue weighted by molar-refractivity contribution is -0.115. The molecule has 0 aliphatic heterocycles. The molecule has 0 saturated heterocycles. The van der Waals surface area contributed by atoms with Crippen LogP contribution < -0.4 is 24.8 Å². The zero-order chi connectivity index (χ0) is 24.6. The summed E-state index contributed by atoms with van der Waals surface area (Å²) in [5, 5.41) is 5.42. The van der Waals surface area contributed by atoms with Crippen molar-refractivity contribution in [2.45, 2.75) is 4.90 Å². The highest BCUT2D eigenvalue weighted by molar-refractivity contribution is 7.92. The number of aromatic nitrogens is 2. The van der Waals surface area contributed by atoms with Gasteiger partial charge in [-0.25, -0.2) is 8.42 Å². The van der Waals surface area contributed by atoms with Crippen LogP contribution in [0.15, 0.2) is 71.6 Å². The van der Waals surface area contributed by atoms with Crippen molar-refractivity contribution in [2.24, 2.45) is 0 Å². The Labute approximate surface area is 202 Å². The molecule has 1 amide bonds. The molecule has 3 N–H and O–H groups in total. The Kier molecular flexibility index (Phi) is 8.11. The van der Waals surface area contributed by atoms with E-state index in [4.69, 9.17) is 21.7 Å². The van der Waals surface area contributed by atoms with Gasteiger partial charge in [-0.05, 0) is 48.1 Å². The molecule has 0 fully saturated rings. The van der Waals surface area contributed by atoms with Gasteiger partial charge in [-0.1, -0.05) is 30.3 Å². The largest absolute Gasteiger partial charge is 0.481 e. The van der Waals surface area contributed by atoms with Gasteiger partial charge in [-0.15, -0.1) is 0 Å². The summed E-state index contributed by atoms with van der Waals surface area (Å²) in [6.45, 7) is 0. The second-order valence-electron chi connectivity index (χ2n) is 6.60. The fourth-order valence-corrected chi connectivity index (χ4v) is 3.83. The van der Waals surface area contributed by atoms with E-state index in [1.165, 1.54) is 50.6 Å². The molecule has 3 aromatic rings. The second kappa shape index (κ2) is 11.2. The Morgan fingerprint density at radius 1 is 1.00 bits per heavy atom. The maximum atomic E-state index is 12.7. The van der Waals surface area contributed by atoms with E-state index in [0.29, 0.717) is 5.69 Å². The van der Waals surface area contributed by atoms with Crippen LogP contribution in [0.3, 0.4) is 0 Å². The molecule has 1 heterocycles. The highest BCUT2D eigenvalue weighted by atomic mass is 32.2. The fourth-order valence-electron chi connectivity index (χ4n) is 2.62. The number of ether oxygens (including phenoxy) is 2. The molecule has 1 aromatic heterocycles. The molecule has 10 nitrogen and oxygen atoms in total. The Bertz CT molecular complexity index is 1270. The molecular weight excluding hydrogens is 478 g/mol. The van der Waals surface area contributed by atoms with Gasteiger partial charge in [0.25, 0.3) is 10.0 Å². The maximum absolute atomic E-state index is 12.7.